The second-order valence-electron chi connectivity index (χ2n) is 9.40. The van der Waals surface area contributed by atoms with Gasteiger partial charge in [-0.1, -0.05) is 5.21 Å². The van der Waals surface area contributed by atoms with E-state index in [9.17, 15) is 22.5 Å². The molecule has 1 saturated heterocycles. The minimum Gasteiger partial charge on any atom is -0.418 e. The molecule has 32 heavy (non-hydrogen) atoms. The molecule has 0 N–H and O–H groups in total. The Bertz CT molecular complexity index is 831. The van der Waals surface area contributed by atoms with Crippen LogP contribution < -0.4 is 4.57 Å². The molecule has 0 unspecified atom stereocenters. The van der Waals surface area contributed by atoms with Crippen molar-refractivity contribution in [3.63, 3.8) is 0 Å². The monoisotopic (exact) mass is 463 g/mol. The first-order valence-electron chi connectivity index (χ1n) is 10.5. The van der Waals surface area contributed by atoms with Crippen molar-refractivity contribution < 1.29 is 31.8 Å². The van der Waals surface area contributed by atoms with Gasteiger partial charge in [0, 0.05) is 24.0 Å². The molecule has 0 amide bonds. The fourth-order valence-corrected chi connectivity index (χ4v) is 4.06. The predicted octanol–water partition coefficient (Wildman–Crippen LogP) is 3.18. The van der Waals surface area contributed by atoms with E-state index in [1.165, 1.54) is 5.06 Å². The summed E-state index contributed by atoms with van der Waals surface area (Å²) in [6, 6.07) is 0. The fraction of sp³-hybridized carbons (Fsp3) is 0.737. The zero-order valence-electron chi connectivity index (χ0n) is 19.2. The topological polar surface area (TPSA) is 71.9 Å². The second-order valence-corrected chi connectivity index (χ2v) is 9.40. The molecular weight excluding hydrogens is 431 g/mol. The number of hydroxylamine groups is 2. The van der Waals surface area contributed by atoms with Gasteiger partial charge in [-0.05, 0) is 40.5 Å². The molecule has 8 nitrogen and oxygen atoms in total. The summed E-state index contributed by atoms with van der Waals surface area (Å²) in [4.78, 5) is 0. The maximum atomic E-state index is 12.4. The molecule has 0 saturated carbocycles. The lowest BCUT2D eigenvalue weighted by Gasteiger charge is -2.49. The van der Waals surface area contributed by atoms with Gasteiger partial charge in [-0.2, -0.15) is 0 Å². The van der Waals surface area contributed by atoms with Crippen LogP contribution >= 0.6 is 0 Å². The summed E-state index contributed by atoms with van der Waals surface area (Å²) in [5.41, 5.74) is 0.000619. The minimum absolute atomic E-state index is 0.0554. The number of hydrogen-bond donors (Lipinski definition) is 0. The van der Waals surface area contributed by atoms with Crippen molar-refractivity contribution in [3.05, 3.63) is 30.6 Å². The Morgan fingerprint density at radius 2 is 1.75 bits per heavy atom. The van der Waals surface area contributed by atoms with Gasteiger partial charge in [0.25, 0.3) is 0 Å². The van der Waals surface area contributed by atoms with Crippen LogP contribution in [-0.2, 0) is 36.7 Å². The van der Waals surface area contributed by atoms with E-state index in [0.29, 0.717) is 6.61 Å². The van der Waals surface area contributed by atoms with Crippen LogP contribution in [0.25, 0.3) is 0 Å². The average Bonchev–Trinajstić information content (AvgIpc) is 3.25. The first-order chi connectivity index (χ1) is 14.7. The van der Waals surface area contributed by atoms with E-state index in [2.05, 4.69) is 27.4 Å². The van der Waals surface area contributed by atoms with E-state index >= 15 is 0 Å². The van der Waals surface area contributed by atoms with Gasteiger partial charge < -0.3 is 22.0 Å². The molecule has 0 spiro atoms. The number of halogens is 4. The van der Waals surface area contributed by atoms with Crippen molar-refractivity contribution in [2.45, 2.75) is 83.8 Å². The van der Waals surface area contributed by atoms with Crippen LogP contribution in [0.15, 0.2) is 24.9 Å². The molecule has 0 atom stereocenters. The highest BCUT2D eigenvalue weighted by Gasteiger charge is 2.46. The van der Waals surface area contributed by atoms with Crippen molar-refractivity contribution in [2.24, 2.45) is 7.05 Å². The largest absolute Gasteiger partial charge is 0.673 e. The minimum atomic E-state index is -6.00. The highest BCUT2D eigenvalue weighted by molar-refractivity contribution is 6.50. The van der Waals surface area contributed by atoms with Crippen molar-refractivity contribution >= 4 is 7.25 Å². The molecule has 0 aliphatic carbocycles. The summed E-state index contributed by atoms with van der Waals surface area (Å²) < 4.78 is 51.2. The quantitative estimate of drug-likeness (QED) is 0.359. The van der Waals surface area contributed by atoms with Crippen LogP contribution in [0.2, 0.25) is 0 Å². The number of ether oxygens (including phenoxy) is 1. The van der Waals surface area contributed by atoms with Crippen LogP contribution in [0.1, 0.15) is 52.7 Å². The third-order valence-corrected chi connectivity index (χ3v) is 5.23. The SMILES string of the molecule is C[n+]1ccn(CCCn2cc(COC3CC(C)(C)N([O])C(C)(C)C3)nn2)c1.F[B-](F)(F)F. The Balaban J connectivity index is 0.000000654. The highest BCUT2D eigenvalue weighted by Crippen LogP contribution is 2.38. The lowest BCUT2D eigenvalue weighted by atomic mass is 9.80. The summed E-state index contributed by atoms with van der Waals surface area (Å²) >= 11 is 0. The van der Waals surface area contributed by atoms with Crippen molar-refractivity contribution in [2.75, 3.05) is 0 Å². The normalized spacial score (nSPS) is 18.9. The standard InChI is InChI=1S/C19H32N6O2.BF4/c1-18(2)11-17(12-19(3,4)25(18)26)27-14-16-13-24(21-20-16)8-6-7-23-10-9-22(5)15-23;2-1(3,4)5/h9-10,13,15,17H,6-8,11-12,14H2,1-5H3;/q+1;-1. The Morgan fingerprint density at radius 1 is 1.16 bits per heavy atom. The van der Waals surface area contributed by atoms with E-state index in [-0.39, 0.29) is 6.10 Å². The van der Waals surface area contributed by atoms with Gasteiger partial charge in [-0.25, -0.2) is 9.13 Å². The summed E-state index contributed by atoms with van der Waals surface area (Å²) in [6.45, 7) is 10.1. The maximum Gasteiger partial charge on any atom is 0.673 e. The molecule has 1 aliphatic heterocycles. The molecule has 2 aromatic heterocycles. The van der Waals surface area contributed by atoms with Crippen LogP contribution in [0.3, 0.4) is 0 Å². The van der Waals surface area contributed by atoms with E-state index < -0.39 is 18.3 Å². The van der Waals surface area contributed by atoms with E-state index in [1.807, 2.05) is 56.4 Å². The number of piperidine rings is 1. The van der Waals surface area contributed by atoms with Crippen LogP contribution in [-0.4, -0.2) is 49.1 Å². The second kappa shape index (κ2) is 10.3. The van der Waals surface area contributed by atoms with E-state index in [0.717, 1.165) is 38.0 Å². The van der Waals surface area contributed by atoms with E-state index in [4.69, 9.17) is 4.74 Å². The van der Waals surface area contributed by atoms with Crippen LogP contribution in [0.5, 0.6) is 0 Å². The number of nitrogens with zero attached hydrogens (tertiary/aromatic N) is 6. The zero-order valence-corrected chi connectivity index (χ0v) is 19.2. The Labute approximate surface area is 185 Å². The first kappa shape index (κ1) is 26.3. The molecule has 0 bridgehead atoms. The average molecular weight is 463 g/mol. The zero-order chi connectivity index (χ0) is 24.2. The van der Waals surface area contributed by atoms with Crippen molar-refractivity contribution in [3.8, 4) is 0 Å². The van der Waals surface area contributed by atoms with Gasteiger partial charge in [0.1, 0.15) is 18.1 Å². The first-order valence-corrected chi connectivity index (χ1v) is 10.5. The molecular formula is C19H32BF4N6O2. The van der Waals surface area contributed by atoms with Gasteiger partial charge in [-0.15, -0.1) is 15.4 Å². The summed E-state index contributed by atoms with van der Waals surface area (Å²) in [5, 5.41) is 22.1. The van der Waals surface area contributed by atoms with Gasteiger partial charge in [-0.3, -0.25) is 4.68 Å². The molecule has 1 fully saturated rings. The fourth-order valence-electron chi connectivity index (χ4n) is 4.06. The number of aromatic nitrogens is 5. The summed E-state index contributed by atoms with van der Waals surface area (Å²) in [7, 11) is -3.98. The van der Waals surface area contributed by atoms with Gasteiger partial charge >= 0.3 is 7.25 Å². The molecule has 1 radical (unpaired) electrons. The Kier molecular flexibility index (Phi) is 8.46. The number of aryl methyl sites for hydroxylation is 3. The van der Waals surface area contributed by atoms with E-state index in [1.54, 1.807) is 0 Å². The predicted molar refractivity (Wildman–Crippen MR) is 109 cm³/mol. The van der Waals surface area contributed by atoms with Crippen molar-refractivity contribution in [1.82, 2.24) is 24.6 Å². The number of hydrogen-bond acceptors (Lipinski definition) is 4. The number of rotatable bonds is 7. The third kappa shape index (κ3) is 8.51. The smallest absolute Gasteiger partial charge is 0.418 e. The van der Waals surface area contributed by atoms with Gasteiger partial charge in [0.2, 0.25) is 6.33 Å². The summed E-state index contributed by atoms with van der Waals surface area (Å²) in [5.74, 6) is 0. The van der Waals surface area contributed by atoms with Crippen LogP contribution in [0.4, 0.5) is 17.3 Å². The van der Waals surface area contributed by atoms with Gasteiger partial charge in [0.05, 0.1) is 32.5 Å². The summed E-state index contributed by atoms with van der Waals surface area (Å²) in [6.07, 6.45) is 10.6. The number of imidazole rings is 1. The van der Waals surface area contributed by atoms with Crippen LogP contribution in [0, 0.1) is 0 Å². The van der Waals surface area contributed by atoms with Gasteiger partial charge in [0.15, 0.2) is 0 Å². The lowest BCUT2D eigenvalue weighted by molar-refractivity contribution is -0.671. The Hall–Kier alpha value is -1.99. The molecule has 0 aromatic carbocycles. The molecule has 1 aliphatic rings. The highest BCUT2D eigenvalue weighted by atomic mass is 19.5. The molecule has 3 heterocycles. The lowest BCUT2D eigenvalue weighted by Crippen LogP contribution is -2.59. The van der Waals surface area contributed by atoms with Crippen molar-refractivity contribution in [1.29, 1.82) is 0 Å². The Morgan fingerprint density at radius 3 is 2.28 bits per heavy atom. The molecule has 3 rings (SSSR count). The molecule has 13 heteroatoms. The maximum absolute atomic E-state index is 12.4. The molecule has 2 aromatic rings. The third-order valence-electron chi connectivity index (χ3n) is 5.23. The molecule has 181 valence electrons.